The minimum absolute atomic E-state index is 0.700. The average molecular weight is 274 g/mol. The summed E-state index contributed by atoms with van der Waals surface area (Å²) in [6.45, 7) is 9.13. The second-order valence-electron chi connectivity index (χ2n) is 6.72. The molecule has 2 nitrogen and oxygen atoms in total. The van der Waals surface area contributed by atoms with Gasteiger partial charge in [-0.25, -0.2) is 0 Å². The van der Waals surface area contributed by atoms with Crippen LogP contribution in [-0.4, -0.2) is 31.1 Å². The molecular formula is C18H30N2. The highest BCUT2D eigenvalue weighted by molar-refractivity contribution is 5.20. The van der Waals surface area contributed by atoms with Crippen LogP contribution in [0, 0.1) is 11.8 Å². The molecule has 1 aliphatic rings. The van der Waals surface area contributed by atoms with Crippen LogP contribution in [0.3, 0.4) is 0 Å². The van der Waals surface area contributed by atoms with E-state index in [1.54, 1.807) is 0 Å². The molecule has 0 aromatic heterocycles. The standard InChI is InChI=1S/C18H30N2/c1-15(2)12-16(13-19)8-10-20-11-9-18(14-20)17-6-4-3-5-7-17/h3-7,15-16,18H,8-14,19H2,1-2H3. The van der Waals surface area contributed by atoms with Gasteiger partial charge in [0, 0.05) is 6.54 Å². The van der Waals surface area contributed by atoms with E-state index in [0.717, 1.165) is 18.4 Å². The van der Waals surface area contributed by atoms with Gasteiger partial charge in [-0.2, -0.15) is 0 Å². The van der Waals surface area contributed by atoms with Gasteiger partial charge in [0.15, 0.2) is 0 Å². The molecule has 112 valence electrons. The van der Waals surface area contributed by atoms with Gasteiger partial charge >= 0.3 is 0 Å². The predicted molar refractivity (Wildman–Crippen MR) is 86.9 cm³/mol. The molecule has 1 aromatic carbocycles. The first-order chi connectivity index (χ1) is 9.69. The Morgan fingerprint density at radius 1 is 1.25 bits per heavy atom. The normalized spacial score (nSPS) is 21.5. The van der Waals surface area contributed by atoms with Crippen LogP contribution < -0.4 is 5.73 Å². The van der Waals surface area contributed by atoms with E-state index in [1.807, 2.05) is 0 Å². The minimum atomic E-state index is 0.700. The monoisotopic (exact) mass is 274 g/mol. The quantitative estimate of drug-likeness (QED) is 0.824. The maximum atomic E-state index is 5.91. The Bertz CT molecular complexity index is 374. The fraction of sp³-hybridized carbons (Fsp3) is 0.667. The maximum absolute atomic E-state index is 5.91. The van der Waals surface area contributed by atoms with E-state index in [9.17, 15) is 0 Å². The summed E-state index contributed by atoms with van der Waals surface area (Å²) in [5.74, 6) is 2.20. The van der Waals surface area contributed by atoms with Gasteiger partial charge in [-0.05, 0) is 62.2 Å². The lowest BCUT2D eigenvalue weighted by molar-refractivity contribution is 0.283. The highest BCUT2D eigenvalue weighted by Gasteiger charge is 2.23. The summed E-state index contributed by atoms with van der Waals surface area (Å²) in [6, 6.07) is 11.0. The molecule has 0 amide bonds. The van der Waals surface area contributed by atoms with Crippen molar-refractivity contribution < 1.29 is 0 Å². The first kappa shape index (κ1) is 15.5. The zero-order valence-electron chi connectivity index (χ0n) is 13.1. The molecule has 2 heteroatoms. The smallest absolute Gasteiger partial charge is 0.00507 e. The molecule has 1 fully saturated rings. The summed E-state index contributed by atoms with van der Waals surface area (Å²) >= 11 is 0. The van der Waals surface area contributed by atoms with Crippen LogP contribution in [0.15, 0.2) is 30.3 Å². The largest absolute Gasteiger partial charge is 0.330 e. The number of rotatable bonds is 7. The lowest BCUT2D eigenvalue weighted by Gasteiger charge is -2.21. The molecule has 0 spiro atoms. The van der Waals surface area contributed by atoms with E-state index >= 15 is 0 Å². The molecule has 0 saturated carbocycles. The summed E-state index contributed by atoms with van der Waals surface area (Å²) in [5, 5.41) is 0. The van der Waals surface area contributed by atoms with Crippen molar-refractivity contribution in [1.82, 2.24) is 4.90 Å². The highest BCUT2D eigenvalue weighted by atomic mass is 15.1. The van der Waals surface area contributed by atoms with Gasteiger partial charge in [0.1, 0.15) is 0 Å². The van der Waals surface area contributed by atoms with E-state index in [-0.39, 0.29) is 0 Å². The van der Waals surface area contributed by atoms with E-state index in [1.165, 1.54) is 44.5 Å². The zero-order valence-corrected chi connectivity index (χ0v) is 13.1. The van der Waals surface area contributed by atoms with Crippen molar-refractivity contribution in [3.63, 3.8) is 0 Å². The molecule has 20 heavy (non-hydrogen) atoms. The van der Waals surface area contributed by atoms with Crippen LogP contribution in [0.25, 0.3) is 0 Å². The third-order valence-electron chi connectivity index (χ3n) is 4.53. The fourth-order valence-electron chi connectivity index (χ4n) is 3.40. The summed E-state index contributed by atoms with van der Waals surface area (Å²) < 4.78 is 0. The van der Waals surface area contributed by atoms with Crippen LogP contribution in [0.1, 0.15) is 44.6 Å². The first-order valence-corrected chi connectivity index (χ1v) is 8.16. The molecule has 1 saturated heterocycles. The first-order valence-electron chi connectivity index (χ1n) is 8.16. The lowest BCUT2D eigenvalue weighted by Crippen LogP contribution is -2.26. The van der Waals surface area contributed by atoms with Gasteiger partial charge < -0.3 is 10.6 Å². The summed E-state index contributed by atoms with van der Waals surface area (Å²) in [7, 11) is 0. The Morgan fingerprint density at radius 2 is 2.00 bits per heavy atom. The van der Waals surface area contributed by atoms with Crippen molar-refractivity contribution in [2.45, 2.75) is 39.0 Å². The Hall–Kier alpha value is -0.860. The van der Waals surface area contributed by atoms with Crippen LogP contribution in [0.5, 0.6) is 0 Å². The summed E-state index contributed by atoms with van der Waals surface area (Å²) in [6.07, 6.45) is 3.84. The molecule has 1 heterocycles. The molecule has 0 radical (unpaired) electrons. The van der Waals surface area contributed by atoms with Gasteiger partial charge in [-0.15, -0.1) is 0 Å². The lowest BCUT2D eigenvalue weighted by atomic mass is 9.94. The number of nitrogens with zero attached hydrogens (tertiary/aromatic N) is 1. The molecule has 2 rings (SSSR count). The molecule has 0 aliphatic carbocycles. The number of hydrogen-bond acceptors (Lipinski definition) is 2. The third kappa shape index (κ3) is 4.60. The van der Waals surface area contributed by atoms with Crippen LogP contribution in [0.2, 0.25) is 0 Å². The molecular weight excluding hydrogens is 244 g/mol. The minimum Gasteiger partial charge on any atom is -0.330 e. The Balaban J connectivity index is 1.76. The van der Waals surface area contributed by atoms with Crippen molar-refractivity contribution in [3.8, 4) is 0 Å². The van der Waals surface area contributed by atoms with E-state index in [2.05, 4.69) is 49.1 Å². The maximum Gasteiger partial charge on any atom is 0.00507 e. The van der Waals surface area contributed by atoms with Crippen LogP contribution in [-0.2, 0) is 0 Å². The van der Waals surface area contributed by atoms with E-state index < -0.39 is 0 Å². The third-order valence-corrected chi connectivity index (χ3v) is 4.53. The van der Waals surface area contributed by atoms with E-state index in [0.29, 0.717) is 5.92 Å². The van der Waals surface area contributed by atoms with Crippen LogP contribution in [0.4, 0.5) is 0 Å². The molecule has 2 atom stereocenters. The topological polar surface area (TPSA) is 29.3 Å². The second kappa shape index (κ2) is 7.80. The van der Waals surface area contributed by atoms with Gasteiger partial charge in [-0.3, -0.25) is 0 Å². The van der Waals surface area contributed by atoms with Gasteiger partial charge in [0.05, 0.1) is 0 Å². The summed E-state index contributed by atoms with van der Waals surface area (Å²) in [4.78, 5) is 2.63. The van der Waals surface area contributed by atoms with Crippen molar-refractivity contribution in [1.29, 1.82) is 0 Å². The predicted octanol–water partition coefficient (Wildman–Crippen LogP) is 3.49. The van der Waals surface area contributed by atoms with E-state index in [4.69, 9.17) is 5.73 Å². The van der Waals surface area contributed by atoms with Crippen molar-refractivity contribution in [2.75, 3.05) is 26.2 Å². The van der Waals surface area contributed by atoms with Crippen molar-refractivity contribution >= 4 is 0 Å². The number of nitrogens with two attached hydrogens (primary N) is 1. The van der Waals surface area contributed by atoms with Gasteiger partial charge in [0.2, 0.25) is 0 Å². The second-order valence-corrected chi connectivity index (χ2v) is 6.72. The van der Waals surface area contributed by atoms with Crippen molar-refractivity contribution in [3.05, 3.63) is 35.9 Å². The molecule has 1 aromatic rings. The Morgan fingerprint density at radius 3 is 2.65 bits per heavy atom. The number of hydrogen-bond donors (Lipinski definition) is 1. The Kier molecular flexibility index (Phi) is 6.06. The fourth-order valence-corrected chi connectivity index (χ4v) is 3.40. The molecule has 2 N–H and O–H groups in total. The van der Waals surface area contributed by atoms with Crippen LogP contribution >= 0.6 is 0 Å². The molecule has 0 bridgehead atoms. The molecule has 2 unspecified atom stereocenters. The van der Waals surface area contributed by atoms with Gasteiger partial charge in [0.25, 0.3) is 0 Å². The SMILES string of the molecule is CC(C)CC(CN)CCN1CCC(c2ccccc2)C1. The highest BCUT2D eigenvalue weighted by Crippen LogP contribution is 2.27. The zero-order chi connectivity index (χ0) is 14.4. The molecule has 1 aliphatic heterocycles. The van der Waals surface area contributed by atoms with Crippen molar-refractivity contribution in [2.24, 2.45) is 17.6 Å². The van der Waals surface area contributed by atoms with Gasteiger partial charge in [-0.1, -0.05) is 44.2 Å². The summed E-state index contributed by atoms with van der Waals surface area (Å²) in [5.41, 5.74) is 7.41. The number of benzene rings is 1. The average Bonchev–Trinajstić information content (AvgIpc) is 2.93. The number of likely N-dealkylation sites (tertiary alicyclic amines) is 1. The Labute approximate surface area is 124 Å².